The van der Waals surface area contributed by atoms with E-state index in [2.05, 4.69) is 72.5 Å². The third-order valence-electron chi connectivity index (χ3n) is 4.78. The van der Waals surface area contributed by atoms with Crippen molar-refractivity contribution in [1.82, 2.24) is 15.5 Å². The highest BCUT2D eigenvalue weighted by atomic mass is 16.5. The molecule has 134 valence electrons. The smallest absolute Gasteiger partial charge is 0.191 e. The van der Waals surface area contributed by atoms with Crippen LogP contribution in [0.15, 0.2) is 29.3 Å². The molecule has 0 spiro atoms. The highest BCUT2D eigenvalue weighted by Crippen LogP contribution is 2.16. The lowest BCUT2D eigenvalue weighted by molar-refractivity contribution is -0.0174. The molecular weight excluding hydrogens is 300 g/mol. The fourth-order valence-corrected chi connectivity index (χ4v) is 3.31. The molecule has 0 saturated carbocycles. The van der Waals surface area contributed by atoms with E-state index < -0.39 is 0 Å². The quantitative estimate of drug-likeness (QED) is 0.642. The number of benzene rings is 1. The summed E-state index contributed by atoms with van der Waals surface area (Å²) in [5, 5.41) is 6.95. The van der Waals surface area contributed by atoms with E-state index in [1.807, 2.05) is 7.05 Å². The van der Waals surface area contributed by atoms with Crippen LogP contribution in [0.25, 0.3) is 0 Å². The Labute approximate surface area is 146 Å². The molecule has 3 atom stereocenters. The maximum Gasteiger partial charge on any atom is 0.191 e. The number of ether oxygens (including phenoxy) is 1. The number of guanidine groups is 1. The second-order valence-electron chi connectivity index (χ2n) is 6.69. The van der Waals surface area contributed by atoms with Gasteiger partial charge < -0.3 is 15.4 Å². The van der Waals surface area contributed by atoms with E-state index >= 15 is 0 Å². The number of morpholine rings is 1. The van der Waals surface area contributed by atoms with Crippen LogP contribution in [0, 0.1) is 6.92 Å². The van der Waals surface area contributed by atoms with Crippen molar-refractivity contribution < 1.29 is 4.74 Å². The average Bonchev–Trinajstić information content (AvgIpc) is 2.58. The van der Waals surface area contributed by atoms with Crippen LogP contribution in [0.1, 0.15) is 37.9 Å². The van der Waals surface area contributed by atoms with E-state index in [9.17, 15) is 0 Å². The second kappa shape index (κ2) is 9.04. The fourth-order valence-electron chi connectivity index (χ4n) is 3.31. The van der Waals surface area contributed by atoms with Gasteiger partial charge in [-0.2, -0.15) is 0 Å². The highest BCUT2D eigenvalue weighted by molar-refractivity contribution is 5.80. The van der Waals surface area contributed by atoms with Gasteiger partial charge in [-0.25, -0.2) is 0 Å². The van der Waals surface area contributed by atoms with E-state index in [0.29, 0.717) is 12.1 Å². The van der Waals surface area contributed by atoms with Gasteiger partial charge in [-0.3, -0.25) is 9.89 Å². The van der Waals surface area contributed by atoms with Crippen LogP contribution in [-0.2, 0) is 4.74 Å². The Morgan fingerprint density at radius 3 is 2.79 bits per heavy atom. The highest BCUT2D eigenvalue weighted by Gasteiger charge is 2.23. The third kappa shape index (κ3) is 4.95. The molecule has 0 aliphatic carbocycles. The van der Waals surface area contributed by atoms with Gasteiger partial charge in [0, 0.05) is 32.2 Å². The summed E-state index contributed by atoms with van der Waals surface area (Å²) >= 11 is 0. The lowest BCUT2D eigenvalue weighted by atomic mass is 10.0. The monoisotopic (exact) mass is 332 g/mol. The van der Waals surface area contributed by atoms with Crippen molar-refractivity contribution in [3.8, 4) is 0 Å². The summed E-state index contributed by atoms with van der Waals surface area (Å²) < 4.78 is 5.52. The molecule has 24 heavy (non-hydrogen) atoms. The minimum atomic E-state index is 0.218. The Hall–Kier alpha value is -1.59. The number of nitrogens with zero attached hydrogens (tertiary/aromatic N) is 2. The molecule has 2 N–H and O–H groups in total. The van der Waals surface area contributed by atoms with Crippen LogP contribution >= 0.6 is 0 Å². The lowest BCUT2D eigenvalue weighted by Gasteiger charge is -2.38. The van der Waals surface area contributed by atoms with E-state index in [-0.39, 0.29) is 6.04 Å². The minimum absolute atomic E-state index is 0.218. The van der Waals surface area contributed by atoms with Crippen LogP contribution in [0.5, 0.6) is 0 Å². The summed E-state index contributed by atoms with van der Waals surface area (Å²) in [6, 6.07) is 9.59. The number of rotatable bonds is 5. The Morgan fingerprint density at radius 1 is 1.38 bits per heavy atom. The lowest BCUT2D eigenvalue weighted by Crippen LogP contribution is -2.53. The molecule has 1 saturated heterocycles. The van der Waals surface area contributed by atoms with Gasteiger partial charge in [0.2, 0.25) is 0 Å². The zero-order valence-electron chi connectivity index (χ0n) is 15.7. The Morgan fingerprint density at radius 2 is 2.12 bits per heavy atom. The van der Waals surface area contributed by atoms with Crippen LogP contribution < -0.4 is 10.6 Å². The summed E-state index contributed by atoms with van der Waals surface area (Å²) in [4.78, 5) is 6.87. The molecule has 0 amide bonds. The zero-order valence-corrected chi connectivity index (χ0v) is 15.7. The molecular formula is C19H32N4O. The first-order chi connectivity index (χ1) is 11.5. The summed E-state index contributed by atoms with van der Waals surface area (Å²) in [5.41, 5.74) is 2.60. The predicted octanol–water partition coefficient (Wildman–Crippen LogP) is 2.33. The van der Waals surface area contributed by atoms with E-state index in [0.717, 1.165) is 32.3 Å². The number of hydrogen-bond donors (Lipinski definition) is 2. The van der Waals surface area contributed by atoms with Crippen molar-refractivity contribution in [3.05, 3.63) is 35.4 Å². The van der Waals surface area contributed by atoms with Gasteiger partial charge in [-0.1, -0.05) is 24.3 Å². The van der Waals surface area contributed by atoms with Gasteiger partial charge in [0.25, 0.3) is 0 Å². The molecule has 1 fully saturated rings. The molecule has 3 unspecified atom stereocenters. The molecule has 1 heterocycles. The normalized spacial score (nSPS) is 22.0. The molecule has 1 aliphatic rings. The molecule has 5 heteroatoms. The Balaban J connectivity index is 1.87. The van der Waals surface area contributed by atoms with Crippen molar-refractivity contribution in [2.45, 2.75) is 45.8 Å². The van der Waals surface area contributed by atoms with Crippen molar-refractivity contribution in [2.75, 3.05) is 33.4 Å². The van der Waals surface area contributed by atoms with E-state index in [1.165, 1.54) is 11.1 Å². The van der Waals surface area contributed by atoms with Crippen LogP contribution in [-0.4, -0.2) is 56.3 Å². The summed E-state index contributed by atoms with van der Waals surface area (Å²) in [5.74, 6) is 0.846. The van der Waals surface area contributed by atoms with Gasteiger partial charge >= 0.3 is 0 Å². The summed E-state index contributed by atoms with van der Waals surface area (Å²) in [6.45, 7) is 12.3. The number of hydrogen-bond acceptors (Lipinski definition) is 3. The molecule has 0 bridgehead atoms. The molecule has 1 aromatic carbocycles. The maximum absolute atomic E-state index is 5.52. The van der Waals surface area contributed by atoms with Gasteiger partial charge in [0.1, 0.15) is 0 Å². The standard InChI is InChI=1S/C19H32N4O/c1-14-8-6-7-9-18(14)17(4)22-19(20-5)21-12-15(2)23-10-11-24-13-16(23)3/h6-9,15-17H,10-13H2,1-5H3,(H2,20,21,22). The third-order valence-corrected chi connectivity index (χ3v) is 4.78. The van der Waals surface area contributed by atoms with Crippen LogP contribution in [0.4, 0.5) is 0 Å². The molecule has 2 rings (SSSR count). The topological polar surface area (TPSA) is 48.9 Å². The predicted molar refractivity (Wildman–Crippen MR) is 101 cm³/mol. The maximum atomic E-state index is 5.52. The number of aliphatic imine (C=N–C) groups is 1. The number of aryl methyl sites for hydroxylation is 1. The molecule has 0 aromatic heterocycles. The van der Waals surface area contributed by atoms with Gasteiger partial charge in [-0.15, -0.1) is 0 Å². The van der Waals surface area contributed by atoms with Crippen molar-refractivity contribution in [3.63, 3.8) is 0 Å². The average molecular weight is 332 g/mol. The molecule has 5 nitrogen and oxygen atoms in total. The Kier molecular flexibility index (Phi) is 7.06. The van der Waals surface area contributed by atoms with Crippen molar-refractivity contribution in [1.29, 1.82) is 0 Å². The minimum Gasteiger partial charge on any atom is -0.379 e. The fraction of sp³-hybridized carbons (Fsp3) is 0.632. The molecule has 1 aliphatic heterocycles. The zero-order chi connectivity index (χ0) is 17.5. The SMILES string of the molecule is CN=C(NCC(C)N1CCOCC1C)NC(C)c1ccccc1C. The van der Waals surface area contributed by atoms with Crippen LogP contribution in [0.3, 0.4) is 0 Å². The first-order valence-electron chi connectivity index (χ1n) is 8.89. The Bertz CT molecular complexity index is 546. The summed E-state index contributed by atoms with van der Waals surface area (Å²) in [6.07, 6.45) is 0. The van der Waals surface area contributed by atoms with E-state index in [1.54, 1.807) is 0 Å². The first-order valence-corrected chi connectivity index (χ1v) is 8.89. The first kappa shape index (κ1) is 18.7. The van der Waals surface area contributed by atoms with Crippen molar-refractivity contribution in [2.24, 2.45) is 4.99 Å². The van der Waals surface area contributed by atoms with Crippen LogP contribution in [0.2, 0.25) is 0 Å². The van der Waals surface area contributed by atoms with Gasteiger partial charge in [-0.05, 0) is 38.8 Å². The van der Waals surface area contributed by atoms with Gasteiger partial charge in [0.05, 0.1) is 19.3 Å². The van der Waals surface area contributed by atoms with Gasteiger partial charge in [0.15, 0.2) is 5.96 Å². The van der Waals surface area contributed by atoms with Crippen molar-refractivity contribution >= 4 is 5.96 Å². The second-order valence-corrected chi connectivity index (χ2v) is 6.69. The largest absolute Gasteiger partial charge is 0.379 e. The number of nitrogens with one attached hydrogen (secondary N) is 2. The molecule has 0 radical (unpaired) electrons. The summed E-state index contributed by atoms with van der Waals surface area (Å²) in [7, 11) is 1.82. The molecule has 1 aromatic rings. The van der Waals surface area contributed by atoms with E-state index in [4.69, 9.17) is 4.74 Å².